The molecule has 12 nitrogen and oxygen atoms in total. The zero-order chi connectivity index (χ0) is 31.0. The molecule has 6 rings (SSSR count). The number of carbonyl (C=O) groups is 3. The molecule has 0 unspecified atom stereocenters. The molecule has 234 valence electrons. The van der Waals surface area contributed by atoms with Crippen molar-refractivity contribution in [2.75, 3.05) is 37.6 Å². The number of piperazine rings is 1. The number of amides is 1. The molecule has 1 fully saturated rings. The number of aryl methyl sites for hydroxylation is 2. The van der Waals surface area contributed by atoms with Crippen LogP contribution in [0.5, 0.6) is 0 Å². The number of benzene rings is 2. The molecule has 1 saturated heterocycles. The first kappa shape index (κ1) is 31.4. The van der Waals surface area contributed by atoms with Crippen molar-refractivity contribution in [3.05, 3.63) is 94.3 Å². The van der Waals surface area contributed by atoms with Gasteiger partial charge in [0.25, 0.3) is 5.91 Å². The molecule has 0 spiro atoms. The maximum Gasteiger partial charge on any atom is 0.352 e. The van der Waals surface area contributed by atoms with Gasteiger partial charge in [-0.25, -0.2) is 14.6 Å². The van der Waals surface area contributed by atoms with Crippen molar-refractivity contribution in [3.8, 4) is 5.69 Å². The van der Waals surface area contributed by atoms with E-state index < -0.39 is 23.5 Å². The second-order valence-corrected chi connectivity index (χ2v) is 11.3. The van der Waals surface area contributed by atoms with Gasteiger partial charge in [-0.3, -0.25) is 14.7 Å². The summed E-state index contributed by atoms with van der Waals surface area (Å²) in [7, 11) is 0. The summed E-state index contributed by atoms with van der Waals surface area (Å²) in [5.74, 6) is -3.76. The van der Waals surface area contributed by atoms with E-state index in [1.807, 2.05) is 17.6 Å². The second kappa shape index (κ2) is 12.9. The van der Waals surface area contributed by atoms with Gasteiger partial charge in [-0.15, -0.1) is 0 Å². The van der Waals surface area contributed by atoms with Crippen LogP contribution >= 0.6 is 0 Å². The number of hydrogen-bond acceptors (Lipinski definition) is 7. The van der Waals surface area contributed by atoms with Gasteiger partial charge in [0.05, 0.1) is 23.0 Å². The fourth-order valence-electron chi connectivity index (χ4n) is 6.36. The highest BCUT2D eigenvalue weighted by molar-refractivity contribution is 6.02. The van der Waals surface area contributed by atoms with Gasteiger partial charge in [0.2, 0.25) is 0 Å². The van der Waals surface area contributed by atoms with Crippen molar-refractivity contribution >= 4 is 34.4 Å². The number of pyridine rings is 1. The lowest BCUT2D eigenvalue weighted by atomic mass is 9.90. The van der Waals surface area contributed by atoms with E-state index in [2.05, 4.69) is 63.4 Å². The predicted octanol–water partition coefficient (Wildman–Crippen LogP) is 2.46. The standard InChI is InChI=1S/C33H34N6O5.H2O/c1-20-6-10-28-23(9-11-29-31(34-19-39(28)29)32(42)36-26(33(43)44)18-30(40)41)22(20)12-13-37-14-16-38(17-15-37)27-5-3-4-25-24(27)8-7-21(2)35-25;/h3-8,10,18-19H,9,11-17H2,1-2H3,(H,36,42)(H,40,41)(H,43,44);1H2/b26-18+;. The Morgan fingerprint density at radius 1 is 0.956 bits per heavy atom. The Hall–Kier alpha value is -5.07. The number of anilines is 1. The van der Waals surface area contributed by atoms with Crippen LogP contribution in [0.3, 0.4) is 0 Å². The molecule has 5 N–H and O–H groups in total. The summed E-state index contributed by atoms with van der Waals surface area (Å²) in [5.41, 5.74) is 8.06. The molecule has 0 bridgehead atoms. The van der Waals surface area contributed by atoms with Crippen LogP contribution in [0.1, 0.15) is 38.6 Å². The minimum atomic E-state index is -1.54. The molecule has 2 aromatic heterocycles. The van der Waals surface area contributed by atoms with Gasteiger partial charge in [0, 0.05) is 49.5 Å². The molecule has 4 aromatic rings. The van der Waals surface area contributed by atoms with Gasteiger partial charge in [-0.2, -0.15) is 0 Å². The number of fused-ring (bicyclic) bond motifs is 4. The molecule has 0 radical (unpaired) electrons. The molecule has 0 aliphatic carbocycles. The van der Waals surface area contributed by atoms with Crippen LogP contribution in [0.2, 0.25) is 0 Å². The largest absolute Gasteiger partial charge is 0.478 e. The summed E-state index contributed by atoms with van der Waals surface area (Å²) in [5, 5.41) is 21.6. The SMILES string of the molecule is Cc1ccc2c(N3CCN(CCc4c(C)ccc5c4CCc4c(C(=O)N/C(=C/C(=O)O)C(=O)O)ncn4-5)CC3)cccc2n1.O. The van der Waals surface area contributed by atoms with E-state index in [4.69, 9.17) is 10.1 Å². The monoisotopic (exact) mass is 612 g/mol. The van der Waals surface area contributed by atoms with Crippen LogP contribution in [0.15, 0.2) is 60.6 Å². The Morgan fingerprint density at radius 2 is 1.73 bits per heavy atom. The normalized spacial score (nSPS) is 14.8. The first-order valence-electron chi connectivity index (χ1n) is 14.7. The zero-order valence-electron chi connectivity index (χ0n) is 25.2. The Morgan fingerprint density at radius 3 is 2.47 bits per heavy atom. The van der Waals surface area contributed by atoms with E-state index >= 15 is 0 Å². The van der Waals surface area contributed by atoms with E-state index in [-0.39, 0.29) is 11.2 Å². The summed E-state index contributed by atoms with van der Waals surface area (Å²) in [4.78, 5) is 49.2. The van der Waals surface area contributed by atoms with E-state index in [0.717, 1.165) is 62.5 Å². The Labute approximate surface area is 259 Å². The molecule has 2 aliphatic rings. The molecule has 2 aliphatic heterocycles. The average molecular weight is 613 g/mol. The van der Waals surface area contributed by atoms with Crippen molar-refractivity contribution in [2.24, 2.45) is 0 Å². The van der Waals surface area contributed by atoms with Crippen molar-refractivity contribution in [2.45, 2.75) is 33.1 Å². The van der Waals surface area contributed by atoms with Gasteiger partial charge in [0.1, 0.15) is 17.7 Å². The lowest BCUT2D eigenvalue weighted by Crippen LogP contribution is -2.47. The highest BCUT2D eigenvalue weighted by Gasteiger charge is 2.27. The summed E-state index contributed by atoms with van der Waals surface area (Å²) in [6.07, 6.45) is 4.21. The predicted molar refractivity (Wildman–Crippen MR) is 169 cm³/mol. The van der Waals surface area contributed by atoms with Crippen LogP contribution in [-0.4, -0.2) is 85.7 Å². The number of rotatable bonds is 8. The van der Waals surface area contributed by atoms with Gasteiger partial charge in [-0.1, -0.05) is 12.1 Å². The molecule has 0 saturated carbocycles. The topological polar surface area (TPSA) is 172 Å². The van der Waals surface area contributed by atoms with Crippen molar-refractivity contribution in [1.29, 1.82) is 0 Å². The van der Waals surface area contributed by atoms with Crippen molar-refractivity contribution < 1.29 is 30.1 Å². The molecule has 4 heterocycles. The first-order valence-corrected chi connectivity index (χ1v) is 14.7. The Balaban J connectivity index is 0.00000400. The number of hydrogen-bond donors (Lipinski definition) is 3. The van der Waals surface area contributed by atoms with Crippen LogP contribution in [0, 0.1) is 13.8 Å². The number of carbonyl (C=O) groups excluding carboxylic acids is 1. The fourth-order valence-corrected chi connectivity index (χ4v) is 6.36. The second-order valence-electron chi connectivity index (χ2n) is 11.3. The smallest absolute Gasteiger partial charge is 0.352 e. The summed E-state index contributed by atoms with van der Waals surface area (Å²) in [6, 6.07) is 14.7. The molecule has 2 aromatic carbocycles. The van der Waals surface area contributed by atoms with Gasteiger partial charge < -0.3 is 30.5 Å². The quantitative estimate of drug-likeness (QED) is 0.253. The van der Waals surface area contributed by atoms with Crippen LogP contribution in [0.25, 0.3) is 16.6 Å². The highest BCUT2D eigenvalue weighted by atomic mass is 16.4. The van der Waals surface area contributed by atoms with Crippen LogP contribution in [-0.2, 0) is 28.9 Å². The number of aliphatic carboxylic acids is 2. The van der Waals surface area contributed by atoms with Gasteiger partial charge in [-0.05, 0) is 80.1 Å². The maximum absolute atomic E-state index is 12.9. The lowest BCUT2D eigenvalue weighted by Gasteiger charge is -2.37. The molecular formula is C33H36N6O6. The molecule has 0 atom stereocenters. The maximum atomic E-state index is 12.9. The minimum absolute atomic E-state index is 0. The first-order chi connectivity index (χ1) is 21.2. The van der Waals surface area contributed by atoms with Crippen LogP contribution < -0.4 is 10.2 Å². The van der Waals surface area contributed by atoms with Crippen molar-refractivity contribution in [3.63, 3.8) is 0 Å². The lowest BCUT2D eigenvalue weighted by molar-refractivity contribution is -0.135. The van der Waals surface area contributed by atoms with E-state index in [1.54, 1.807) is 6.33 Å². The number of aromatic nitrogens is 3. The van der Waals surface area contributed by atoms with Gasteiger partial charge >= 0.3 is 11.9 Å². The Kier molecular flexibility index (Phi) is 8.98. The average Bonchev–Trinajstić information content (AvgIpc) is 3.44. The molecule has 45 heavy (non-hydrogen) atoms. The zero-order valence-corrected chi connectivity index (χ0v) is 25.2. The Bertz CT molecular complexity index is 1820. The number of nitrogens with zero attached hydrogens (tertiary/aromatic N) is 5. The summed E-state index contributed by atoms with van der Waals surface area (Å²) >= 11 is 0. The van der Waals surface area contributed by atoms with E-state index in [1.165, 1.54) is 27.8 Å². The van der Waals surface area contributed by atoms with Crippen molar-refractivity contribution in [1.82, 2.24) is 24.8 Å². The summed E-state index contributed by atoms with van der Waals surface area (Å²) < 4.78 is 1.89. The third-order valence-corrected chi connectivity index (χ3v) is 8.58. The molecular weight excluding hydrogens is 576 g/mol. The third kappa shape index (κ3) is 6.28. The fraction of sp³-hybridized carbons (Fsp3) is 0.303. The molecule has 1 amide bonds. The minimum Gasteiger partial charge on any atom is -0.478 e. The molecule has 12 heteroatoms. The van der Waals surface area contributed by atoms with E-state index in [9.17, 15) is 19.5 Å². The van der Waals surface area contributed by atoms with Crippen LogP contribution in [0.4, 0.5) is 5.69 Å². The summed E-state index contributed by atoms with van der Waals surface area (Å²) in [6.45, 7) is 8.95. The third-order valence-electron chi connectivity index (χ3n) is 8.58. The number of carboxylic acids is 2. The van der Waals surface area contributed by atoms with E-state index in [0.29, 0.717) is 18.2 Å². The highest BCUT2D eigenvalue weighted by Crippen LogP contribution is 2.32. The number of nitrogens with one attached hydrogen (secondary N) is 1. The number of imidazole rings is 1. The van der Waals surface area contributed by atoms with Gasteiger partial charge in [0.15, 0.2) is 0 Å². The number of carboxylic acid groups (broad SMARTS) is 2.